The van der Waals surface area contributed by atoms with E-state index in [1.807, 2.05) is 6.08 Å². The van der Waals surface area contributed by atoms with Gasteiger partial charge in [0.2, 0.25) is 0 Å². The first-order valence-corrected chi connectivity index (χ1v) is 5.20. The van der Waals surface area contributed by atoms with Crippen molar-refractivity contribution in [3.63, 3.8) is 0 Å². The highest BCUT2D eigenvalue weighted by Crippen LogP contribution is 2.28. The van der Waals surface area contributed by atoms with E-state index in [1.54, 1.807) is 13.8 Å². The van der Waals surface area contributed by atoms with Gasteiger partial charge in [-0.25, -0.2) is 4.79 Å². The first kappa shape index (κ1) is 11.2. The van der Waals surface area contributed by atoms with Crippen molar-refractivity contribution < 1.29 is 14.3 Å². The SMILES string of the molecule is CCCC1OC1/C=C(\C)C(=O)OCC. The van der Waals surface area contributed by atoms with Gasteiger partial charge in [-0.05, 0) is 26.3 Å². The zero-order chi connectivity index (χ0) is 10.6. The molecule has 2 unspecified atom stereocenters. The van der Waals surface area contributed by atoms with Crippen LogP contribution in [-0.4, -0.2) is 24.8 Å². The van der Waals surface area contributed by atoms with Crippen LogP contribution in [-0.2, 0) is 14.3 Å². The molecule has 1 fully saturated rings. The summed E-state index contributed by atoms with van der Waals surface area (Å²) in [4.78, 5) is 11.2. The van der Waals surface area contributed by atoms with Crippen LogP contribution in [0.3, 0.4) is 0 Å². The number of esters is 1. The van der Waals surface area contributed by atoms with Crippen LogP contribution in [0.25, 0.3) is 0 Å². The molecule has 3 nitrogen and oxygen atoms in total. The fourth-order valence-electron chi connectivity index (χ4n) is 1.38. The molecule has 0 aromatic carbocycles. The van der Waals surface area contributed by atoms with Crippen LogP contribution in [0, 0.1) is 0 Å². The van der Waals surface area contributed by atoms with E-state index in [0.717, 1.165) is 12.8 Å². The predicted octanol–water partition coefficient (Wildman–Crippen LogP) is 2.06. The molecule has 1 heterocycles. The fourth-order valence-corrected chi connectivity index (χ4v) is 1.38. The second kappa shape index (κ2) is 5.15. The van der Waals surface area contributed by atoms with Crippen LogP contribution in [0.4, 0.5) is 0 Å². The molecule has 80 valence electrons. The van der Waals surface area contributed by atoms with Crippen LogP contribution < -0.4 is 0 Å². The van der Waals surface area contributed by atoms with Crippen LogP contribution in [0.15, 0.2) is 11.6 Å². The summed E-state index contributed by atoms with van der Waals surface area (Å²) in [6.07, 6.45) is 4.51. The van der Waals surface area contributed by atoms with E-state index in [1.165, 1.54) is 0 Å². The molecule has 0 amide bonds. The third-order valence-electron chi connectivity index (χ3n) is 2.21. The van der Waals surface area contributed by atoms with Gasteiger partial charge in [0.1, 0.15) is 6.10 Å². The maximum atomic E-state index is 11.2. The average molecular weight is 198 g/mol. The van der Waals surface area contributed by atoms with E-state index < -0.39 is 0 Å². The molecular weight excluding hydrogens is 180 g/mol. The maximum absolute atomic E-state index is 11.2. The molecular formula is C11H18O3. The van der Waals surface area contributed by atoms with Gasteiger partial charge in [0.15, 0.2) is 0 Å². The van der Waals surface area contributed by atoms with E-state index in [9.17, 15) is 4.79 Å². The lowest BCUT2D eigenvalue weighted by Gasteiger charge is -1.99. The fraction of sp³-hybridized carbons (Fsp3) is 0.727. The second-order valence-corrected chi connectivity index (χ2v) is 3.50. The molecule has 1 saturated heterocycles. The lowest BCUT2D eigenvalue weighted by molar-refractivity contribution is -0.138. The van der Waals surface area contributed by atoms with Gasteiger partial charge >= 0.3 is 5.97 Å². The minimum absolute atomic E-state index is 0.138. The van der Waals surface area contributed by atoms with Gasteiger partial charge in [-0.15, -0.1) is 0 Å². The highest BCUT2D eigenvalue weighted by atomic mass is 16.6. The van der Waals surface area contributed by atoms with Crippen molar-refractivity contribution in [3.8, 4) is 0 Å². The van der Waals surface area contributed by atoms with Crippen molar-refractivity contribution >= 4 is 5.97 Å². The zero-order valence-electron chi connectivity index (χ0n) is 9.08. The standard InChI is InChI=1S/C11H18O3/c1-4-6-9-10(14-9)7-8(3)11(12)13-5-2/h7,9-10H,4-6H2,1-3H3/b8-7+. The summed E-state index contributed by atoms with van der Waals surface area (Å²) in [5, 5.41) is 0. The Bertz CT molecular complexity index is 233. The largest absolute Gasteiger partial charge is 0.463 e. The number of carbonyl (C=O) groups is 1. The van der Waals surface area contributed by atoms with Gasteiger partial charge in [0.25, 0.3) is 0 Å². The summed E-state index contributed by atoms with van der Waals surface area (Å²) >= 11 is 0. The molecule has 0 radical (unpaired) electrons. The molecule has 3 heteroatoms. The van der Waals surface area contributed by atoms with E-state index in [2.05, 4.69) is 6.92 Å². The number of rotatable bonds is 5. The summed E-state index contributed by atoms with van der Waals surface area (Å²) in [5.41, 5.74) is 0.649. The lowest BCUT2D eigenvalue weighted by atomic mass is 10.1. The van der Waals surface area contributed by atoms with Crippen molar-refractivity contribution in [1.82, 2.24) is 0 Å². The molecule has 0 bridgehead atoms. The molecule has 1 aliphatic rings. The second-order valence-electron chi connectivity index (χ2n) is 3.50. The smallest absolute Gasteiger partial charge is 0.333 e. The Kier molecular flexibility index (Phi) is 4.14. The van der Waals surface area contributed by atoms with Crippen LogP contribution in [0.2, 0.25) is 0 Å². The Morgan fingerprint density at radius 3 is 2.79 bits per heavy atom. The third-order valence-corrected chi connectivity index (χ3v) is 2.21. The third kappa shape index (κ3) is 3.14. The lowest BCUT2D eigenvalue weighted by Crippen LogP contribution is -2.06. The van der Waals surface area contributed by atoms with E-state index in [-0.39, 0.29) is 12.1 Å². The van der Waals surface area contributed by atoms with Gasteiger partial charge in [0, 0.05) is 5.57 Å². The first-order valence-electron chi connectivity index (χ1n) is 5.20. The number of hydrogen-bond donors (Lipinski definition) is 0. The Balaban J connectivity index is 2.34. The van der Waals surface area contributed by atoms with Crippen molar-refractivity contribution in [1.29, 1.82) is 0 Å². The normalized spacial score (nSPS) is 26.1. The first-order chi connectivity index (χ1) is 6.69. The summed E-state index contributed by atoms with van der Waals surface area (Å²) in [6.45, 7) is 6.12. The molecule has 1 aliphatic heterocycles. The summed E-state index contributed by atoms with van der Waals surface area (Å²) < 4.78 is 10.2. The summed E-state index contributed by atoms with van der Waals surface area (Å²) in [7, 11) is 0. The molecule has 0 spiro atoms. The van der Waals surface area contributed by atoms with Gasteiger partial charge in [0.05, 0.1) is 12.7 Å². The van der Waals surface area contributed by atoms with Gasteiger partial charge in [-0.3, -0.25) is 0 Å². The Hall–Kier alpha value is -0.830. The summed E-state index contributed by atoms with van der Waals surface area (Å²) in [6, 6.07) is 0. The molecule has 0 saturated carbocycles. The van der Waals surface area contributed by atoms with Crippen LogP contribution >= 0.6 is 0 Å². The topological polar surface area (TPSA) is 38.8 Å². The minimum Gasteiger partial charge on any atom is -0.463 e. The molecule has 14 heavy (non-hydrogen) atoms. The number of hydrogen-bond acceptors (Lipinski definition) is 3. The van der Waals surface area contributed by atoms with Gasteiger partial charge in [-0.2, -0.15) is 0 Å². The number of epoxide rings is 1. The quantitative estimate of drug-likeness (QED) is 0.385. The van der Waals surface area contributed by atoms with Crippen LogP contribution in [0.5, 0.6) is 0 Å². The van der Waals surface area contributed by atoms with Crippen molar-refractivity contribution in [2.24, 2.45) is 0 Å². The van der Waals surface area contributed by atoms with E-state index in [4.69, 9.17) is 9.47 Å². The Labute approximate surface area is 85.1 Å². The highest BCUT2D eigenvalue weighted by molar-refractivity contribution is 5.87. The Morgan fingerprint density at radius 2 is 2.21 bits per heavy atom. The molecule has 0 aromatic rings. The van der Waals surface area contributed by atoms with Crippen LogP contribution in [0.1, 0.15) is 33.6 Å². The molecule has 1 rings (SSSR count). The van der Waals surface area contributed by atoms with Crippen molar-refractivity contribution in [2.75, 3.05) is 6.61 Å². The predicted molar refractivity (Wildman–Crippen MR) is 54.0 cm³/mol. The maximum Gasteiger partial charge on any atom is 0.333 e. The van der Waals surface area contributed by atoms with Gasteiger partial charge < -0.3 is 9.47 Å². The Morgan fingerprint density at radius 1 is 1.50 bits per heavy atom. The van der Waals surface area contributed by atoms with E-state index in [0.29, 0.717) is 18.3 Å². The van der Waals surface area contributed by atoms with Crippen molar-refractivity contribution in [2.45, 2.75) is 45.8 Å². The average Bonchev–Trinajstić information content (AvgIpc) is 2.84. The number of carbonyl (C=O) groups excluding carboxylic acids is 1. The highest BCUT2D eigenvalue weighted by Gasteiger charge is 2.36. The molecule has 0 aromatic heterocycles. The minimum atomic E-state index is -0.238. The zero-order valence-corrected chi connectivity index (χ0v) is 9.08. The molecule has 0 aliphatic carbocycles. The van der Waals surface area contributed by atoms with E-state index >= 15 is 0 Å². The van der Waals surface area contributed by atoms with Crippen molar-refractivity contribution in [3.05, 3.63) is 11.6 Å². The monoisotopic (exact) mass is 198 g/mol. The summed E-state index contributed by atoms with van der Waals surface area (Å²) in [5.74, 6) is -0.238. The van der Waals surface area contributed by atoms with Gasteiger partial charge in [-0.1, -0.05) is 13.3 Å². The number of ether oxygens (including phenoxy) is 2. The molecule has 0 N–H and O–H groups in total. The molecule has 2 atom stereocenters.